The van der Waals surface area contributed by atoms with E-state index < -0.39 is 22.2 Å². The van der Waals surface area contributed by atoms with Crippen molar-refractivity contribution in [3.05, 3.63) is 66.2 Å². The Balaban J connectivity index is 1.70. The van der Waals surface area contributed by atoms with Crippen LogP contribution in [-0.2, 0) is 16.8 Å². The number of nitrogens with zero attached hydrogens (tertiary/aromatic N) is 6. The number of carbonyl (C=O) groups is 1. The lowest BCUT2D eigenvalue weighted by Gasteiger charge is -2.23. The highest BCUT2D eigenvalue weighted by Gasteiger charge is 2.44. The van der Waals surface area contributed by atoms with Gasteiger partial charge in [0, 0.05) is 14.1 Å². The van der Waals surface area contributed by atoms with Gasteiger partial charge in [-0.25, -0.2) is 18.9 Å². The van der Waals surface area contributed by atoms with Gasteiger partial charge in [0.2, 0.25) is 11.7 Å². The molecule has 4 heterocycles. The number of carbonyl (C=O) groups excluding carboxylic acids is 1. The van der Waals surface area contributed by atoms with Gasteiger partial charge in [-0.15, -0.1) is 0 Å². The van der Waals surface area contributed by atoms with Gasteiger partial charge in [0.1, 0.15) is 11.8 Å². The summed E-state index contributed by atoms with van der Waals surface area (Å²) < 4.78 is 38.9. The first kappa shape index (κ1) is 18.5. The Morgan fingerprint density at radius 2 is 2.07 bits per heavy atom. The van der Waals surface area contributed by atoms with E-state index >= 15 is 0 Å². The van der Waals surface area contributed by atoms with Crippen molar-refractivity contribution in [1.29, 1.82) is 0 Å². The first-order chi connectivity index (χ1) is 14.4. The van der Waals surface area contributed by atoms with Crippen LogP contribution >= 0.6 is 0 Å². The topological polar surface area (TPSA) is 128 Å². The predicted octanol–water partition coefficient (Wildman–Crippen LogP) is 1.41. The number of hydrogen-bond donors (Lipinski definition) is 0. The molecule has 1 aliphatic heterocycles. The number of amides is 1. The molecular formula is C18H16N6O5S. The lowest BCUT2D eigenvalue weighted by Crippen LogP contribution is -2.34. The number of benzene rings is 1. The molecule has 0 aliphatic carbocycles. The largest absolute Gasteiger partial charge is 0.438 e. The van der Waals surface area contributed by atoms with Gasteiger partial charge in [-0.05, 0) is 12.1 Å². The summed E-state index contributed by atoms with van der Waals surface area (Å²) in [7, 11) is -1.05. The lowest BCUT2D eigenvalue weighted by atomic mass is 10.2. The van der Waals surface area contributed by atoms with E-state index in [4.69, 9.17) is 8.83 Å². The van der Waals surface area contributed by atoms with Crippen LogP contribution in [-0.4, -0.2) is 56.5 Å². The molecule has 0 spiro atoms. The highest BCUT2D eigenvalue weighted by atomic mass is 32.2. The van der Waals surface area contributed by atoms with Gasteiger partial charge in [0.25, 0.3) is 5.91 Å². The zero-order valence-electron chi connectivity index (χ0n) is 16.0. The number of hydrogen-bond acceptors (Lipinski definition) is 8. The predicted molar refractivity (Wildman–Crippen MR) is 102 cm³/mol. The highest BCUT2D eigenvalue weighted by Crippen LogP contribution is 2.40. The van der Waals surface area contributed by atoms with Crippen LogP contribution in [0.25, 0.3) is 11.1 Å². The number of fused-ring (bicyclic) bond motifs is 2. The van der Waals surface area contributed by atoms with Crippen LogP contribution in [0.15, 0.2) is 52.0 Å². The maximum absolute atomic E-state index is 13.1. The number of rotatable bonds is 4. The Bertz CT molecular complexity index is 1320. The molecule has 1 aromatic carbocycles. The molecule has 1 unspecified atom stereocenters. The van der Waals surface area contributed by atoms with E-state index in [1.807, 2.05) is 6.07 Å². The van der Waals surface area contributed by atoms with E-state index in [1.54, 1.807) is 18.2 Å². The van der Waals surface area contributed by atoms with Crippen molar-refractivity contribution in [3.8, 4) is 0 Å². The fraction of sp³-hybridized carbons (Fsp3) is 0.222. The van der Waals surface area contributed by atoms with Crippen molar-refractivity contribution >= 4 is 27.2 Å². The van der Waals surface area contributed by atoms with Gasteiger partial charge in [0.05, 0.1) is 24.1 Å². The van der Waals surface area contributed by atoms with E-state index in [0.717, 1.165) is 14.7 Å². The van der Waals surface area contributed by atoms with Crippen LogP contribution in [0.2, 0.25) is 0 Å². The molecule has 5 rings (SSSR count). The fourth-order valence-corrected chi connectivity index (χ4v) is 4.42. The smallest absolute Gasteiger partial charge is 0.308 e. The summed E-state index contributed by atoms with van der Waals surface area (Å²) in [4.78, 5) is 27.0. The second-order valence-electron chi connectivity index (χ2n) is 6.88. The third-order valence-corrected chi connectivity index (χ3v) is 6.61. The Morgan fingerprint density at radius 1 is 1.27 bits per heavy atom. The van der Waals surface area contributed by atoms with E-state index in [0.29, 0.717) is 22.5 Å². The molecule has 0 saturated carbocycles. The van der Waals surface area contributed by atoms with E-state index in [2.05, 4.69) is 15.0 Å². The van der Waals surface area contributed by atoms with Crippen molar-refractivity contribution in [2.45, 2.75) is 12.6 Å². The maximum atomic E-state index is 13.1. The molecule has 30 heavy (non-hydrogen) atoms. The molecule has 12 heteroatoms. The van der Waals surface area contributed by atoms with Gasteiger partial charge in [-0.2, -0.15) is 12.7 Å². The molecule has 4 aromatic rings. The Labute approximate surface area is 170 Å². The van der Waals surface area contributed by atoms with Crippen LogP contribution in [0.4, 0.5) is 0 Å². The summed E-state index contributed by atoms with van der Waals surface area (Å²) in [6.45, 7) is 0.0637. The van der Waals surface area contributed by atoms with Gasteiger partial charge in [-0.3, -0.25) is 4.79 Å². The normalized spacial score (nSPS) is 16.5. The zero-order chi connectivity index (χ0) is 21.0. The lowest BCUT2D eigenvalue weighted by molar-refractivity contribution is 0.0663. The SMILES string of the molecule is CN(C)S(=O)(=O)n1cnc2c1C(c1nc3ccccc3o1)N(C(=O)c1cnco1)C2. The van der Waals surface area contributed by atoms with Crippen molar-refractivity contribution in [3.63, 3.8) is 0 Å². The Hall–Kier alpha value is -3.51. The minimum atomic E-state index is -3.89. The molecule has 1 amide bonds. The first-order valence-electron chi connectivity index (χ1n) is 8.92. The molecular weight excluding hydrogens is 412 g/mol. The van der Waals surface area contributed by atoms with Crippen molar-refractivity contribution in [2.75, 3.05) is 14.1 Å². The number of para-hydroxylation sites is 2. The standard InChI is InChI=1S/C18H16N6O5S/c1-22(2)30(26,27)24-9-20-12-8-23(18(25)14-7-19-10-28-14)16(15(12)24)17-21-11-5-3-4-6-13(11)29-17/h3-7,9-10,16H,8H2,1-2H3. The summed E-state index contributed by atoms with van der Waals surface area (Å²) in [6, 6.07) is 6.22. The van der Waals surface area contributed by atoms with Crippen molar-refractivity contribution in [2.24, 2.45) is 0 Å². The average Bonchev–Trinajstić information content (AvgIpc) is 3.49. The molecule has 0 fully saturated rings. The number of aromatic nitrogens is 4. The molecule has 3 aromatic heterocycles. The minimum absolute atomic E-state index is 0.0169. The number of imidazole rings is 1. The van der Waals surface area contributed by atoms with Crippen LogP contribution in [0.3, 0.4) is 0 Å². The number of oxazole rings is 2. The Morgan fingerprint density at radius 3 is 2.77 bits per heavy atom. The molecule has 1 aliphatic rings. The molecule has 0 bridgehead atoms. The third-order valence-electron chi connectivity index (χ3n) is 4.90. The zero-order valence-corrected chi connectivity index (χ0v) is 16.8. The third kappa shape index (κ3) is 2.64. The fourth-order valence-electron chi connectivity index (χ4n) is 3.45. The highest BCUT2D eigenvalue weighted by molar-refractivity contribution is 7.87. The van der Waals surface area contributed by atoms with E-state index in [-0.39, 0.29) is 18.2 Å². The van der Waals surface area contributed by atoms with Crippen molar-refractivity contribution in [1.82, 2.24) is 28.1 Å². The van der Waals surface area contributed by atoms with Gasteiger partial charge in [0.15, 0.2) is 18.0 Å². The molecule has 1 atom stereocenters. The first-order valence-corrected chi connectivity index (χ1v) is 10.3. The quantitative estimate of drug-likeness (QED) is 0.477. The average molecular weight is 428 g/mol. The molecule has 0 N–H and O–H groups in total. The summed E-state index contributed by atoms with van der Waals surface area (Å²) >= 11 is 0. The minimum Gasteiger partial charge on any atom is -0.438 e. The van der Waals surface area contributed by atoms with Crippen molar-refractivity contribution < 1.29 is 22.0 Å². The maximum Gasteiger partial charge on any atom is 0.308 e. The molecule has 154 valence electrons. The van der Waals surface area contributed by atoms with Crippen LogP contribution in [0.1, 0.15) is 33.9 Å². The summed E-state index contributed by atoms with van der Waals surface area (Å²) in [5.74, 6) is -0.284. The second-order valence-corrected chi connectivity index (χ2v) is 8.90. The van der Waals surface area contributed by atoms with Gasteiger partial charge >= 0.3 is 10.2 Å². The van der Waals surface area contributed by atoms with Crippen LogP contribution in [0.5, 0.6) is 0 Å². The van der Waals surface area contributed by atoms with Crippen LogP contribution in [0, 0.1) is 0 Å². The summed E-state index contributed by atoms with van der Waals surface area (Å²) in [6.07, 6.45) is 3.68. The monoisotopic (exact) mass is 428 g/mol. The summed E-state index contributed by atoms with van der Waals surface area (Å²) in [5.41, 5.74) is 1.84. The van der Waals surface area contributed by atoms with Gasteiger partial charge < -0.3 is 13.7 Å². The summed E-state index contributed by atoms with van der Waals surface area (Å²) in [5, 5.41) is 0. The second kappa shape index (κ2) is 6.50. The molecule has 0 radical (unpaired) electrons. The Kier molecular flexibility index (Phi) is 4.01. The van der Waals surface area contributed by atoms with Gasteiger partial charge in [-0.1, -0.05) is 12.1 Å². The van der Waals surface area contributed by atoms with E-state index in [1.165, 1.54) is 31.5 Å². The molecule has 0 saturated heterocycles. The molecule has 11 nitrogen and oxygen atoms in total. The van der Waals surface area contributed by atoms with E-state index in [9.17, 15) is 13.2 Å². The van der Waals surface area contributed by atoms with Crippen LogP contribution < -0.4 is 0 Å².